The number of benzene rings is 2. The first-order valence-electron chi connectivity index (χ1n) is 9.59. The number of ether oxygens (including phenoxy) is 4. The number of fused-ring (bicyclic) bond motifs is 1. The maximum atomic E-state index is 5.80. The highest BCUT2D eigenvalue weighted by atomic mass is 16.5. The Balaban J connectivity index is 2.18. The molecule has 0 aromatic heterocycles. The summed E-state index contributed by atoms with van der Waals surface area (Å²) in [6, 6.07) is 8.26. The molecule has 5 nitrogen and oxygen atoms in total. The van der Waals surface area contributed by atoms with Gasteiger partial charge >= 0.3 is 0 Å². The summed E-state index contributed by atoms with van der Waals surface area (Å²) in [7, 11) is 6.80. The van der Waals surface area contributed by atoms with E-state index in [2.05, 4.69) is 44.3 Å². The van der Waals surface area contributed by atoms with Gasteiger partial charge in [0, 0.05) is 23.2 Å². The van der Waals surface area contributed by atoms with E-state index in [1.807, 2.05) is 6.07 Å². The van der Waals surface area contributed by atoms with E-state index in [-0.39, 0.29) is 11.5 Å². The van der Waals surface area contributed by atoms with Crippen LogP contribution in [0.25, 0.3) is 0 Å². The third-order valence-electron chi connectivity index (χ3n) is 5.39. The summed E-state index contributed by atoms with van der Waals surface area (Å²) in [5, 5.41) is 3.63. The van der Waals surface area contributed by atoms with Crippen LogP contribution in [0.2, 0.25) is 0 Å². The monoisotopic (exact) mass is 385 g/mol. The Bertz CT molecular complexity index is 855. The average Bonchev–Trinajstić information content (AvgIpc) is 2.70. The molecule has 0 amide bonds. The summed E-state index contributed by atoms with van der Waals surface area (Å²) < 4.78 is 22.7. The van der Waals surface area contributed by atoms with Crippen molar-refractivity contribution in [2.75, 3.05) is 35.0 Å². The summed E-state index contributed by atoms with van der Waals surface area (Å²) in [4.78, 5) is 0. The van der Waals surface area contributed by atoms with Crippen LogP contribution in [0.15, 0.2) is 24.3 Å². The zero-order valence-corrected chi connectivity index (χ0v) is 17.9. The Morgan fingerprint density at radius 2 is 1.50 bits per heavy atom. The van der Waals surface area contributed by atoms with Gasteiger partial charge in [-0.25, -0.2) is 0 Å². The van der Waals surface area contributed by atoms with Crippen molar-refractivity contribution < 1.29 is 18.9 Å². The molecule has 1 N–H and O–H groups in total. The first-order valence-corrected chi connectivity index (χ1v) is 9.59. The molecule has 1 aliphatic rings. The first kappa shape index (κ1) is 20.3. The van der Waals surface area contributed by atoms with E-state index in [9.17, 15) is 0 Å². The number of nitrogens with one attached hydrogen (secondary N) is 1. The maximum absolute atomic E-state index is 5.80. The minimum absolute atomic E-state index is 0.0126. The quantitative estimate of drug-likeness (QED) is 0.834. The van der Waals surface area contributed by atoms with E-state index in [1.165, 1.54) is 11.1 Å². The molecular weight excluding hydrogens is 354 g/mol. The highest BCUT2D eigenvalue weighted by Crippen LogP contribution is 2.44. The van der Waals surface area contributed by atoms with Crippen LogP contribution in [0, 0.1) is 0 Å². The van der Waals surface area contributed by atoms with Gasteiger partial charge in [-0.3, -0.25) is 0 Å². The molecule has 0 saturated heterocycles. The predicted molar refractivity (Wildman–Crippen MR) is 111 cm³/mol. The van der Waals surface area contributed by atoms with Crippen LogP contribution in [0.5, 0.6) is 23.0 Å². The molecule has 0 saturated carbocycles. The largest absolute Gasteiger partial charge is 0.496 e. The Morgan fingerprint density at radius 1 is 0.821 bits per heavy atom. The van der Waals surface area contributed by atoms with E-state index in [4.69, 9.17) is 18.9 Å². The van der Waals surface area contributed by atoms with Gasteiger partial charge in [0.15, 0.2) is 11.5 Å². The van der Waals surface area contributed by atoms with Gasteiger partial charge in [0.1, 0.15) is 11.5 Å². The molecule has 3 rings (SSSR count). The predicted octanol–water partition coefficient (Wildman–Crippen LogP) is 4.25. The van der Waals surface area contributed by atoms with Crippen LogP contribution < -0.4 is 24.3 Å². The van der Waals surface area contributed by atoms with Crippen molar-refractivity contribution in [1.82, 2.24) is 5.32 Å². The van der Waals surface area contributed by atoms with Gasteiger partial charge in [0.25, 0.3) is 0 Å². The number of hydrogen-bond acceptors (Lipinski definition) is 5. The Labute approximate surface area is 168 Å². The van der Waals surface area contributed by atoms with Gasteiger partial charge in [-0.2, -0.15) is 0 Å². The second-order valence-electron chi connectivity index (χ2n) is 8.05. The lowest BCUT2D eigenvalue weighted by Crippen LogP contribution is -2.31. The Kier molecular flexibility index (Phi) is 5.75. The molecule has 1 heterocycles. The molecule has 28 heavy (non-hydrogen) atoms. The third kappa shape index (κ3) is 3.51. The molecule has 152 valence electrons. The van der Waals surface area contributed by atoms with E-state index in [0.717, 1.165) is 47.1 Å². The molecule has 1 atom stereocenters. The fraction of sp³-hybridized carbons (Fsp3) is 0.478. The molecule has 0 fully saturated rings. The maximum Gasteiger partial charge on any atom is 0.164 e. The van der Waals surface area contributed by atoms with Gasteiger partial charge in [0.2, 0.25) is 0 Å². The Hall–Kier alpha value is -2.40. The molecule has 2 aromatic rings. The summed E-state index contributed by atoms with van der Waals surface area (Å²) in [6.07, 6.45) is 0.881. The smallest absolute Gasteiger partial charge is 0.164 e. The van der Waals surface area contributed by atoms with Crippen molar-refractivity contribution in [3.63, 3.8) is 0 Å². The van der Waals surface area contributed by atoms with Gasteiger partial charge in [-0.1, -0.05) is 26.8 Å². The first-order chi connectivity index (χ1) is 13.3. The second-order valence-corrected chi connectivity index (χ2v) is 8.05. The third-order valence-corrected chi connectivity index (χ3v) is 5.39. The van der Waals surface area contributed by atoms with Crippen molar-refractivity contribution in [3.8, 4) is 23.0 Å². The summed E-state index contributed by atoms with van der Waals surface area (Å²) in [5.74, 6) is 3.29. The van der Waals surface area contributed by atoms with Crippen LogP contribution in [0.4, 0.5) is 0 Å². The number of rotatable bonds is 5. The highest BCUT2D eigenvalue weighted by Gasteiger charge is 2.30. The van der Waals surface area contributed by atoms with Crippen LogP contribution in [-0.4, -0.2) is 35.0 Å². The van der Waals surface area contributed by atoms with E-state index in [1.54, 1.807) is 28.4 Å². The number of hydrogen-bond donors (Lipinski definition) is 1. The van der Waals surface area contributed by atoms with Crippen molar-refractivity contribution >= 4 is 0 Å². The lowest BCUT2D eigenvalue weighted by molar-refractivity contribution is 0.347. The van der Waals surface area contributed by atoms with Crippen molar-refractivity contribution in [2.24, 2.45) is 0 Å². The molecule has 0 bridgehead atoms. The molecular formula is C23H31NO4. The minimum Gasteiger partial charge on any atom is -0.496 e. The van der Waals surface area contributed by atoms with Crippen molar-refractivity contribution in [3.05, 3.63) is 46.5 Å². The standard InChI is InChI=1S/C23H31NO4/c1-23(2,3)17-13-19(26-5)16(12-20(17)27-6)21-14-8-9-18(25-4)22(28-7)15(14)10-11-24-21/h8-9,12-13,21,24H,10-11H2,1-7H3. The lowest BCUT2D eigenvalue weighted by atomic mass is 9.83. The molecule has 2 aromatic carbocycles. The summed E-state index contributed by atoms with van der Waals surface area (Å²) >= 11 is 0. The van der Waals surface area contributed by atoms with Crippen LogP contribution in [-0.2, 0) is 11.8 Å². The van der Waals surface area contributed by atoms with Crippen LogP contribution in [0.3, 0.4) is 0 Å². The zero-order chi connectivity index (χ0) is 20.5. The van der Waals surface area contributed by atoms with E-state index < -0.39 is 0 Å². The normalized spacial score (nSPS) is 16.3. The molecule has 1 aliphatic heterocycles. The molecule has 5 heteroatoms. The Morgan fingerprint density at radius 3 is 2.07 bits per heavy atom. The van der Waals surface area contributed by atoms with Crippen LogP contribution in [0.1, 0.15) is 49.1 Å². The average molecular weight is 386 g/mol. The minimum atomic E-state index is -0.0500. The van der Waals surface area contributed by atoms with Gasteiger partial charge in [-0.15, -0.1) is 0 Å². The van der Waals surface area contributed by atoms with Crippen molar-refractivity contribution in [1.29, 1.82) is 0 Å². The van der Waals surface area contributed by atoms with Gasteiger partial charge in [-0.05, 0) is 35.6 Å². The van der Waals surface area contributed by atoms with Gasteiger partial charge < -0.3 is 24.3 Å². The highest BCUT2D eigenvalue weighted by molar-refractivity contribution is 5.58. The molecule has 0 spiro atoms. The summed E-state index contributed by atoms with van der Waals surface area (Å²) in [6.45, 7) is 7.37. The SMILES string of the molecule is COc1cc(C(C)(C)C)c(OC)cc1C1NCCc2c1ccc(OC)c2OC. The summed E-state index contributed by atoms with van der Waals surface area (Å²) in [5.41, 5.74) is 4.48. The molecule has 1 unspecified atom stereocenters. The van der Waals surface area contributed by atoms with Gasteiger partial charge in [0.05, 0.1) is 34.5 Å². The second kappa shape index (κ2) is 7.92. The van der Waals surface area contributed by atoms with E-state index >= 15 is 0 Å². The molecule has 0 aliphatic carbocycles. The fourth-order valence-electron chi connectivity index (χ4n) is 4.00. The lowest BCUT2D eigenvalue weighted by Gasteiger charge is -2.31. The van der Waals surface area contributed by atoms with Crippen molar-refractivity contribution in [2.45, 2.75) is 38.6 Å². The fourth-order valence-corrected chi connectivity index (χ4v) is 4.00. The van der Waals surface area contributed by atoms with Crippen LogP contribution >= 0.6 is 0 Å². The van der Waals surface area contributed by atoms with E-state index in [0.29, 0.717) is 0 Å². The number of methoxy groups -OCH3 is 4. The molecule has 0 radical (unpaired) electrons. The zero-order valence-electron chi connectivity index (χ0n) is 17.9. The topological polar surface area (TPSA) is 49.0 Å².